The molecule has 1 heterocycles. The zero-order valence-electron chi connectivity index (χ0n) is 9.22. The van der Waals surface area contributed by atoms with Gasteiger partial charge in [-0.25, -0.2) is 9.18 Å². The normalized spacial score (nSPS) is 18.8. The van der Waals surface area contributed by atoms with E-state index in [1.807, 2.05) is 0 Å². The minimum atomic E-state index is -0.393. The molecule has 1 unspecified atom stereocenters. The van der Waals surface area contributed by atoms with E-state index in [1.165, 1.54) is 12.1 Å². The summed E-state index contributed by atoms with van der Waals surface area (Å²) < 4.78 is 18.6. The molecular weight excluding hydrogens is 247 g/mol. The van der Waals surface area contributed by atoms with Crippen LogP contribution in [0.25, 0.3) is 0 Å². The van der Waals surface area contributed by atoms with Gasteiger partial charge >= 0.3 is 6.03 Å². The topological polar surface area (TPSA) is 50.4 Å². The van der Waals surface area contributed by atoms with E-state index in [-0.39, 0.29) is 18.7 Å². The Morgan fingerprint density at radius 1 is 1.59 bits per heavy atom. The lowest BCUT2D eigenvalue weighted by molar-refractivity contribution is 0.243. The van der Waals surface area contributed by atoms with Gasteiger partial charge in [-0.15, -0.1) is 0 Å². The van der Waals surface area contributed by atoms with Crippen molar-refractivity contribution in [1.82, 2.24) is 10.6 Å². The second-order valence-electron chi connectivity index (χ2n) is 3.90. The van der Waals surface area contributed by atoms with Crippen LogP contribution in [-0.4, -0.2) is 25.2 Å². The van der Waals surface area contributed by atoms with Gasteiger partial charge in [0, 0.05) is 12.6 Å². The number of carbonyl (C=O) groups is 1. The Balaban J connectivity index is 2.01. The first-order valence-corrected chi connectivity index (χ1v) is 5.57. The Bertz CT molecular complexity index is 453. The summed E-state index contributed by atoms with van der Waals surface area (Å²) in [5, 5.41) is 5.66. The molecule has 1 saturated heterocycles. The van der Waals surface area contributed by atoms with E-state index in [2.05, 4.69) is 10.6 Å². The molecule has 1 atom stereocenters. The Hall–Kier alpha value is -1.49. The van der Waals surface area contributed by atoms with E-state index in [4.69, 9.17) is 16.3 Å². The number of nitrogens with one attached hydrogen (secondary N) is 2. The number of hydrogen-bond donors (Lipinski definition) is 2. The molecule has 2 rings (SSSR count). The Kier molecular flexibility index (Phi) is 3.38. The van der Waals surface area contributed by atoms with E-state index in [9.17, 15) is 9.18 Å². The van der Waals surface area contributed by atoms with Crippen molar-refractivity contribution in [3.05, 3.63) is 28.5 Å². The molecule has 17 heavy (non-hydrogen) atoms. The highest BCUT2D eigenvalue weighted by Gasteiger charge is 2.20. The Morgan fingerprint density at radius 2 is 2.35 bits per heavy atom. The van der Waals surface area contributed by atoms with Gasteiger partial charge in [0.05, 0.1) is 11.1 Å². The Morgan fingerprint density at radius 3 is 3.00 bits per heavy atom. The van der Waals surface area contributed by atoms with Gasteiger partial charge in [-0.1, -0.05) is 11.6 Å². The molecule has 6 heteroatoms. The number of ether oxygens (including phenoxy) is 1. The minimum Gasteiger partial charge on any atom is -0.490 e. The molecule has 0 aromatic heterocycles. The third-order valence-electron chi connectivity index (χ3n) is 2.47. The second kappa shape index (κ2) is 4.79. The van der Waals surface area contributed by atoms with Crippen LogP contribution in [0.15, 0.2) is 12.1 Å². The van der Waals surface area contributed by atoms with Gasteiger partial charge in [-0.05, 0) is 18.6 Å². The van der Waals surface area contributed by atoms with Crippen LogP contribution in [0, 0.1) is 12.7 Å². The monoisotopic (exact) mass is 258 g/mol. The number of amides is 2. The van der Waals surface area contributed by atoms with Gasteiger partial charge in [0.15, 0.2) is 0 Å². The summed E-state index contributed by atoms with van der Waals surface area (Å²) in [5.41, 5.74) is 0.621. The molecule has 0 bridgehead atoms. The van der Waals surface area contributed by atoms with Gasteiger partial charge < -0.3 is 15.4 Å². The van der Waals surface area contributed by atoms with Crippen LogP contribution in [0.5, 0.6) is 5.75 Å². The van der Waals surface area contributed by atoms with Crippen molar-refractivity contribution in [2.45, 2.75) is 13.0 Å². The predicted octanol–water partition coefficient (Wildman–Crippen LogP) is 1.85. The van der Waals surface area contributed by atoms with Crippen molar-refractivity contribution >= 4 is 17.6 Å². The summed E-state index contributed by atoms with van der Waals surface area (Å²) in [6.45, 7) is 2.45. The lowest BCUT2D eigenvalue weighted by Crippen LogP contribution is -2.32. The number of carbonyl (C=O) groups excluding carboxylic acids is 1. The maximum Gasteiger partial charge on any atom is 0.315 e. The Labute approximate surface area is 103 Å². The van der Waals surface area contributed by atoms with Crippen molar-refractivity contribution in [2.75, 3.05) is 13.2 Å². The summed E-state index contributed by atoms with van der Waals surface area (Å²) in [6.07, 6.45) is 0. The fourth-order valence-electron chi connectivity index (χ4n) is 1.59. The number of halogens is 2. The number of aryl methyl sites for hydroxylation is 1. The summed E-state index contributed by atoms with van der Waals surface area (Å²) in [4.78, 5) is 10.9. The van der Waals surface area contributed by atoms with E-state index in [0.717, 1.165) is 0 Å². The van der Waals surface area contributed by atoms with Crippen LogP contribution in [0.3, 0.4) is 0 Å². The van der Waals surface area contributed by atoms with E-state index < -0.39 is 5.82 Å². The summed E-state index contributed by atoms with van der Waals surface area (Å²) in [7, 11) is 0. The van der Waals surface area contributed by atoms with Crippen LogP contribution in [-0.2, 0) is 0 Å². The van der Waals surface area contributed by atoms with Gasteiger partial charge in [-0.2, -0.15) is 0 Å². The second-order valence-corrected chi connectivity index (χ2v) is 4.28. The molecule has 4 nitrogen and oxygen atoms in total. The summed E-state index contributed by atoms with van der Waals surface area (Å²) >= 11 is 5.98. The third kappa shape index (κ3) is 2.79. The smallest absolute Gasteiger partial charge is 0.315 e. The van der Waals surface area contributed by atoms with Crippen molar-refractivity contribution in [3.63, 3.8) is 0 Å². The molecule has 2 N–H and O–H groups in total. The quantitative estimate of drug-likeness (QED) is 0.869. The zero-order chi connectivity index (χ0) is 12.4. The van der Waals surface area contributed by atoms with Gasteiger partial charge in [0.1, 0.15) is 18.2 Å². The zero-order valence-corrected chi connectivity index (χ0v) is 9.97. The first kappa shape index (κ1) is 12.0. The highest BCUT2D eigenvalue weighted by molar-refractivity contribution is 6.32. The molecule has 1 aliphatic heterocycles. The molecule has 92 valence electrons. The number of benzene rings is 1. The van der Waals surface area contributed by atoms with Gasteiger partial charge in [0.25, 0.3) is 0 Å². The molecule has 0 spiro atoms. The van der Waals surface area contributed by atoms with Gasteiger partial charge in [0.2, 0.25) is 0 Å². The van der Waals surface area contributed by atoms with E-state index in [1.54, 1.807) is 6.92 Å². The molecule has 0 aliphatic carbocycles. The molecule has 2 amide bonds. The van der Waals surface area contributed by atoms with E-state index in [0.29, 0.717) is 22.9 Å². The van der Waals surface area contributed by atoms with Crippen LogP contribution in [0.2, 0.25) is 5.02 Å². The molecule has 1 fully saturated rings. The van der Waals surface area contributed by atoms with E-state index >= 15 is 0 Å². The number of rotatable bonds is 3. The summed E-state index contributed by atoms with van der Waals surface area (Å²) in [6, 6.07) is 2.23. The third-order valence-corrected chi connectivity index (χ3v) is 2.95. The van der Waals surface area contributed by atoms with Crippen LogP contribution in [0.1, 0.15) is 5.56 Å². The number of urea groups is 1. The van der Waals surface area contributed by atoms with Crippen molar-refractivity contribution in [3.8, 4) is 5.75 Å². The lowest BCUT2D eigenvalue weighted by Gasteiger charge is -2.13. The SMILES string of the molecule is Cc1cc(F)cc(OCC2CNC(=O)N2)c1Cl. The first-order valence-electron chi connectivity index (χ1n) is 5.19. The first-order chi connectivity index (χ1) is 8.06. The summed E-state index contributed by atoms with van der Waals surface area (Å²) in [5.74, 6) is -0.0965. The van der Waals surface area contributed by atoms with Crippen molar-refractivity contribution in [2.24, 2.45) is 0 Å². The van der Waals surface area contributed by atoms with Gasteiger partial charge in [-0.3, -0.25) is 0 Å². The largest absolute Gasteiger partial charge is 0.490 e. The minimum absolute atomic E-state index is 0.123. The standard InChI is InChI=1S/C11H12ClFN2O2/c1-6-2-7(13)3-9(10(6)12)17-5-8-4-14-11(16)15-8/h2-3,8H,4-5H2,1H3,(H2,14,15,16). The fourth-order valence-corrected chi connectivity index (χ4v) is 1.76. The van der Waals surface area contributed by atoms with Crippen LogP contribution >= 0.6 is 11.6 Å². The predicted molar refractivity (Wildman–Crippen MR) is 62.0 cm³/mol. The van der Waals surface area contributed by atoms with Crippen LogP contribution in [0.4, 0.5) is 9.18 Å². The van der Waals surface area contributed by atoms with Crippen molar-refractivity contribution in [1.29, 1.82) is 0 Å². The highest BCUT2D eigenvalue weighted by atomic mass is 35.5. The molecular formula is C11H12ClFN2O2. The van der Waals surface area contributed by atoms with Crippen molar-refractivity contribution < 1.29 is 13.9 Å². The highest BCUT2D eigenvalue weighted by Crippen LogP contribution is 2.29. The molecule has 1 aliphatic rings. The number of hydrogen-bond acceptors (Lipinski definition) is 2. The molecule has 0 saturated carbocycles. The average molecular weight is 259 g/mol. The fraction of sp³-hybridized carbons (Fsp3) is 0.364. The lowest BCUT2D eigenvalue weighted by atomic mass is 10.2. The molecule has 1 aromatic rings. The maximum absolute atomic E-state index is 13.1. The molecule has 1 aromatic carbocycles. The molecule has 0 radical (unpaired) electrons. The van der Waals surface area contributed by atoms with Crippen LogP contribution < -0.4 is 15.4 Å². The maximum atomic E-state index is 13.1. The average Bonchev–Trinajstić information content (AvgIpc) is 2.67.